The Morgan fingerprint density at radius 2 is 1.77 bits per heavy atom. The highest BCUT2D eigenvalue weighted by Crippen LogP contribution is 2.32. The normalized spacial score (nSPS) is 17.5. The predicted octanol–water partition coefficient (Wildman–Crippen LogP) is 4.53. The maximum atomic E-state index is 13.1. The van der Waals surface area contributed by atoms with Crippen LogP contribution in [-0.2, 0) is 14.3 Å². The van der Waals surface area contributed by atoms with E-state index >= 15 is 0 Å². The fourth-order valence-corrected chi connectivity index (χ4v) is 4.79. The first-order valence-electron chi connectivity index (χ1n) is 10.3. The lowest BCUT2D eigenvalue weighted by Gasteiger charge is -2.16. The van der Waals surface area contributed by atoms with Crippen molar-refractivity contribution in [3.05, 3.63) is 58.7 Å². The molecule has 0 radical (unpaired) electrons. The van der Waals surface area contributed by atoms with Gasteiger partial charge in [0.05, 0.1) is 18.8 Å². The molecule has 6 nitrogen and oxygen atoms in total. The molecule has 1 unspecified atom stereocenters. The van der Waals surface area contributed by atoms with E-state index in [0.29, 0.717) is 18.3 Å². The summed E-state index contributed by atoms with van der Waals surface area (Å²) in [5, 5.41) is 3.08. The molecular weight excluding hydrogens is 410 g/mol. The summed E-state index contributed by atoms with van der Waals surface area (Å²) in [6.45, 7) is 8.76. The van der Waals surface area contributed by atoms with Gasteiger partial charge in [0, 0.05) is 19.2 Å². The van der Waals surface area contributed by atoms with Crippen molar-refractivity contribution in [1.29, 1.82) is 0 Å². The summed E-state index contributed by atoms with van der Waals surface area (Å²) < 4.78 is 5.17. The number of hydrogen-bond acceptors (Lipinski definition) is 5. The number of nitrogens with one attached hydrogen (secondary N) is 1. The van der Waals surface area contributed by atoms with Gasteiger partial charge >= 0.3 is 0 Å². The van der Waals surface area contributed by atoms with Crippen molar-refractivity contribution in [1.82, 2.24) is 4.90 Å². The van der Waals surface area contributed by atoms with Crippen molar-refractivity contribution in [2.75, 3.05) is 25.6 Å². The molecule has 1 aliphatic rings. The van der Waals surface area contributed by atoms with E-state index in [-0.39, 0.29) is 18.2 Å². The number of benzene rings is 2. The van der Waals surface area contributed by atoms with Crippen LogP contribution >= 0.6 is 11.8 Å². The van der Waals surface area contributed by atoms with E-state index in [4.69, 9.17) is 9.73 Å². The molecule has 0 aromatic heterocycles. The highest BCUT2D eigenvalue weighted by atomic mass is 32.2. The Morgan fingerprint density at radius 3 is 2.39 bits per heavy atom. The second-order valence-electron chi connectivity index (χ2n) is 7.85. The van der Waals surface area contributed by atoms with Gasteiger partial charge in [-0.3, -0.25) is 14.5 Å². The Hall–Kier alpha value is -2.64. The molecule has 0 aliphatic carbocycles. The Labute approximate surface area is 188 Å². The minimum Gasteiger partial charge on any atom is -0.383 e. The number of para-hydroxylation sites is 1. The van der Waals surface area contributed by atoms with Gasteiger partial charge in [0.25, 0.3) is 0 Å². The molecule has 1 saturated heterocycles. The maximum Gasteiger partial charge on any atom is 0.242 e. The van der Waals surface area contributed by atoms with Crippen LogP contribution in [0.15, 0.2) is 41.4 Å². The highest BCUT2D eigenvalue weighted by Gasteiger charge is 2.39. The van der Waals surface area contributed by atoms with Gasteiger partial charge in [-0.1, -0.05) is 36.0 Å². The molecule has 2 amide bonds. The minimum atomic E-state index is -0.508. The van der Waals surface area contributed by atoms with Crippen LogP contribution in [-0.4, -0.2) is 47.4 Å². The molecule has 1 fully saturated rings. The number of aliphatic imine (C=N–C) groups is 1. The average Bonchev–Trinajstić information content (AvgIpc) is 2.96. The third-order valence-corrected chi connectivity index (χ3v) is 6.26. The summed E-state index contributed by atoms with van der Waals surface area (Å²) in [6.07, 6.45) is 0.0899. The largest absolute Gasteiger partial charge is 0.383 e. The fourth-order valence-electron chi connectivity index (χ4n) is 3.61. The lowest BCUT2D eigenvalue weighted by molar-refractivity contribution is -0.128. The predicted molar refractivity (Wildman–Crippen MR) is 127 cm³/mol. The van der Waals surface area contributed by atoms with Crippen LogP contribution in [0.5, 0.6) is 0 Å². The summed E-state index contributed by atoms with van der Waals surface area (Å²) in [6, 6.07) is 11.9. The molecule has 31 heavy (non-hydrogen) atoms. The molecule has 3 rings (SSSR count). The van der Waals surface area contributed by atoms with Gasteiger partial charge in [-0.25, -0.2) is 4.99 Å². The zero-order valence-corrected chi connectivity index (χ0v) is 19.5. The number of aryl methyl sites for hydroxylation is 4. The lowest BCUT2D eigenvalue weighted by Crippen LogP contribution is -2.35. The number of carbonyl (C=O) groups is 2. The summed E-state index contributed by atoms with van der Waals surface area (Å²) in [5.41, 5.74) is 5.83. The van der Waals surface area contributed by atoms with Crippen LogP contribution in [0.1, 0.15) is 28.7 Å². The molecule has 2 aromatic rings. The Balaban J connectivity index is 1.79. The monoisotopic (exact) mass is 439 g/mol. The van der Waals surface area contributed by atoms with E-state index in [0.717, 1.165) is 33.6 Å². The number of hydrogen-bond donors (Lipinski definition) is 1. The highest BCUT2D eigenvalue weighted by molar-refractivity contribution is 8.15. The van der Waals surface area contributed by atoms with Crippen LogP contribution < -0.4 is 5.32 Å². The van der Waals surface area contributed by atoms with E-state index in [1.54, 1.807) is 12.0 Å². The van der Waals surface area contributed by atoms with E-state index in [2.05, 4.69) is 11.4 Å². The summed E-state index contributed by atoms with van der Waals surface area (Å²) in [5.74, 6) is -0.288. The van der Waals surface area contributed by atoms with Crippen molar-refractivity contribution in [3.63, 3.8) is 0 Å². The summed E-state index contributed by atoms with van der Waals surface area (Å²) in [7, 11) is 1.60. The number of methoxy groups -OCH3 is 1. The van der Waals surface area contributed by atoms with Crippen molar-refractivity contribution >= 4 is 40.1 Å². The summed E-state index contributed by atoms with van der Waals surface area (Å²) in [4.78, 5) is 32.1. The quantitative estimate of drug-likeness (QED) is 0.688. The first kappa shape index (κ1) is 23.0. The van der Waals surface area contributed by atoms with Crippen LogP contribution in [0.2, 0.25) is 0 Å². The summed E-state index contributed by atoms with van der Waals surface area (Å²) >= 11 is 1.34. The smallest absolute Gasteiger partial charge is 0.242 e. The molecule has 1 atom stereocenters. The lowest BCUT2D eigenvalue weighted by atomic mass is 10.1. The Morgan fingerprint density at radius 1 is 1.13 bits per heavy atom. The van der Waals surface area contributed by atoms with Crippen molar-refractivity contribution in [2.45, 2.75) is 39.4 Å². The van der Waals surface area contributed by atoms with Crippen molar-refractivity contribution < 1.29 is 14.3 Å². The molecule has 0 spiro atoms. The van der Waals surface area contributed by atoms with Gasteiger partial charge in [-0.05, 0) is 62.1 Å². The third-order valence-electron chi connectivity index (χ3n) is 5.09. The minimum absolute atomic E-state index is 0.0899. The molecular formula is C24H29N3O3S. The Bertz CT molecular complexity index is 979. The van der Waals surface area contributed by atoms with E-state index in [1.807, 2.05) is 58.0 Å². The van der Waals surface area contributed by atoms with E-state index in [1.165, 1.54) is 11.8 Å². The molecule has 1 N–H and O–H groups in total. The molecule has 0 bridgehead atoms. The average molecular weight is 440 g/mol. The second-order valence-corrected chi connectivity index (χ2v) is 9.02. The van der Waals surface area contributed by atoms with Crippen molar-refractivity contribution in [2.24, 2.45) is 4.99 Å². The van der Waals surface area contributed by atoms with Gasteiger partial charge in [-0.15, -0.1) is 0 Å². The van der Waals surface area contributed by atoms with Gasteiger partial charge in [0.1, 0.15) is 5.25 Å². The van der Waals surface area contributed by atoms with Crippen LogP contribution in [0, 0.1) is 27.7 Å². The first-order chi connectivity index (χ1) is 14.8. The maximum absolute atomic E-state index is 13.1. The zero-order valence-electron chi connectivity index (χ0n) is 18.7. The number of ether oxygens (including phenoxy) is 1. The first-order valence-corrected chi connectivity index (χ1v) is 11.2. The molecule has 1 aliphatic heterocycles. The van der Waals surface area contributed by atoms with E-state index in [9.17, 15) is 9.59 Å². The molecule has 2 aromatic carbocycles. The van der Waals surface area contributed by atoms with Gasteiger partial charge in [0.2, 0.25) is 11.8 Å². The molecule has 1 heterocycles. The van der Waals surface area contributed by atoms with Gasteiger partial charge in [-0.2, -0.15) is 0 Å². The SMILES string of the molecule is COCCN1C(=O)C(CC(=O)Nc2c(C)cccc2C)SC1=Nc1cc(C)cc(C)c1. The second kappa shape index (κ2) is 10.1. The zero-order chi connectivity index (χ0) is 22.5. The van der Waals surface area contributed by atoms with Crippen LogP contribution in [0.3, 0.4) is 0 Å². The number of nitrogens with zero attached hydrogens (tertiary/aromatic N) is 2. The fraction of sp³-hybridized carbons (Fsp3) is 0.375. The number of carbonyl (C=O) groups excluding carboxylic acids is 2. The topological polar surface area (TPSA) is 71.0 Å². The number of thioether (sulfide) groups is 1. The van der Waals surface area contributed by atoms with Gasteiger partial charge < -0.3 is 10.1 Å². The van der Waals surface area contributed by atoms with E-state index < -0.39 is 5.25 Å². The molecule has 164 valence electrons. The number of anilines is 1. The Kier molecular flexibility index (Phi) is 7.51. The van der Waals surface area contributed by atoms with Crippen molar-refractivity contribution in [3.8, 4) is 0 Å². The molecule has 0 saturated carbocycles. The van der Waals surface area contributed by atoms with Gasteiger partial charge in [0.15, 0.2) is 5.17 Å². The number of amidine groups is 1. The number of amides is 2. The number of rotatable bonds is 7. The standard InChI is InChI=1S/C24H29N3O3S/c1-15-11-16(2)13-19(12-15)25-24-27(9-10-30-5)23(29)20(31-24)14-21(28)26-22-17(3)7-6-8-18(22)4/h6-8,11-13,20H,9-10,14H2,1-5H3,(H,26,28). The molecule has 7 heteroatoms. The van der Waals surface area contributed by atoms with Crippen LogP contribution in [0.4, 0.5) is 11.4 Å². The third kappa shape index (κ3) is 5.74. The van der Waals surface area contributed by atoms with Crippen LogP contribution in [0.25, 0.3) is 0 Å².